The molecule has 0 aliphatic carbocycles. The van der Waals surface area contributed by atoms with Gasteiger partial charge in [-0.1, -0.05) is 30.3 Å². The number of nitrogens with two attached hydrogens (primary N) is 1. The minimum Gasteiger partial charge on any atom is -0.381 e. The van der Waals surface area contributed by atoms with Crippen molar-refractivity contribution in [1.82, 2.24) is 0 Å². The minimum absolute atomic E-state index is 0. The zero-order valence-corrected chi connectivity index (χ0v) is 17.7. The topological polar surface area (TPSA) is 84.7 Å². The zero-order chi connectivity index (χ0) is 20.2. The second kappa shape index (κ2) is 10.1. The summed E-state index contributed by atoms with van der Waals surface area (Å²) in [5.74, 6) is 0.0756. The van der Waals surface area contributed by atoms with Crippen molar-refractivity contribution in [3.8, 4) is 0 Å². The van der Waals surface area contributed by atoms with E-state index in [9.17, 15) is 9.59 Å². The van der Waals surface area contributed by atoms with E-state index in [4.69, 9.17) is 10.5 Å². The van der Waals surface area contributed by atoms with Gasteiger partial charge in [0.1, 0.15) is 0 Å². The molecule has 2 aromatic carbocycles. The molecular formula is C23H28ClN3O3. The molecule has 2 aliphatic rings. The van der Waals surface area contributed by atoms with Gasteiger partial charge in [-0.05, 0) is 54.5 Å². The highest BCUT2D eigenvalue weighted by atomic mass is 35.5. The Morgan fingerprint density at radius 1 is 1.10 bits per heavy atom. The Bertz CT molecular complexity index is 882. The number of nitrogens with zero attached hydrogens (tertiary/aromatic N) is 1. The van der Waals surface area contributed by atoms with Gasteiger partial charge < -0.3 is 20.7 Å². The first kappa shape index (κ1) is 22.3. The lowest BCUT2D eigenvalue weighted by Gasteiger charge is -2.26. The summed E-state index contributed by atoms with van der Waals surface area (Å²) in [6.07, 6.45) is 2.87. The number of hydrogen-bond donors (Lipinski definition) is 2. The molecule has 6 nitrogen and oxygen atoms in total. The van der Waals surface area contributed by atoms with Gasteiger partial charge in [0.15, 0.2) is 0 Å². The van der Waals surface area contributed by atoms with Crippen molar-refractivity contribution in [3.05, 3.63) is 59.7 Å². The minimum atomic E-state index is -0.532. The molecular weight excluding hydrogens is 402 g/mol. The molecule has 2 aromatic rings. The number of carbonyl (C=O) groups excluding carboxylic acids is 2. The number of amides is 2. The molecule has 0 aromatic heterocycles. The Morgan fingerprint density at radius 2 is 1.80 bits per heavy atom. The number of carbonyl (C=O) groups is 2. The monoisotopic (exact) mass is 429 g/mol. The number of halogens is 1. The molecule has 30 heavy (non-hydrogen) atoms. The van der Waals surface area contributed by atoms with Crippen molar-refractivity contribution in [1.29, 1.82) is 0 Å². The largest absolute Gasteiger partial charge is 0.381 e. The van der Waals surface area contributed by atoms with E-state index in [2.05, 4.69) is 11.4 Å². The number of hydrogen-bond acceptors (Lipinski definition) is 4. The van der Waals surface area contributed by atoms with Crippen LogP contribution in [0.2, 0.25) is 0 Å². The van der Waals surface area contributed by atoms with Crippen LogP contribution in [0.4, 0.5) is 11.4 Å². The molecule has 1 fully saturated rings. The number of nitrogens with one attached hydrogen (secondary N) is 1. The van der Waals surface area contributed by atoms with Crippen molar-refractivity contribution in [2.24, 2.45) is 11.7 Å². The van der Waals surface area contributed by atoms with Crippen LogP contribution in [0.3, 0.4) is 0 Å². The molecule has 0 bridgehead atoms. The highest BCUT2D eigenvalue weighted by molar-refractivity contribution is 5.97. The summed E-state index contributed by atoms with van der Waals surface area (Å²) in [4.78, 5) is 27.0. The summed E-state index contributed by atoms with van der Waals surface area (Å²) in [5, 5.41) is 2.89. The van der Waals surface area contributed by atoms with Gasteiger partial charge in [0.05, 0.1) is 12.5 Å². The lowest BCUT2D eigenvalue weighted by molar-refractivity contribution is -0.119. The van der Waals surface area contributed by atoms with Crippen LogP contribution in [0, 0.1) is 5.92 Å². The second-order valence-electron chi connectivity index (χ2n) is 7.76. The van der Waals surface area contributed by atoms with Crippen LogP contribution in [0.5, 0.6) is 0 Å². The number of benzene rings is 2. The first-order chi connectivity index (χ1) is 14.1. The Kier molecular flexibility index (Phi) is 7.48. The van der Waals surface area contributed by atoms with Crippen molar-refractivity contribution < 1.29 is 14.3 Å². The third-order valence-corrected chi connectivity index (χ3v) is 5.84. The van der Waals surface area contributed by atoms with E-state index in [0.717, 1.165) is 37.1 Å². The van der Waals surface area contributed by atoms with Crippen molar-refractivity contribution >= 4 is 35.6 Å². The molecule has 160 valence electrons. The molecule has 2 aliphatic heterocycles. The van der Waals surface area contributed by atoms with Gasteiger partial charge in [-0.2, -0.15) is 0 Å². The lowest BCUT2D eigenvalue weighted by atomic mass is 9.92. The standard InChI is InChI=1S/C23H27N3O3.ClH/c24-22(18-10-13-29-14-11-18)23(28)25-19-7-5-16(6-8-19)15-21(27)26-12-9-17-3-1-2-4-20(17)26;/h1-8,18,22H,9-15,24H2,(H,25,28);1H. The highest BCUT2D eigenvalue weighted by Crippen LogP contribution is 2.28. The summed E-state index contributed by atoms with van der Waals surface area (Å²) in [7, 11) is 0. The highest BCUT2D eigenvalue weighted by Gasteiger charge is 2.27. The lowest BCUT2D eigenvalue weighted by Crippen LogP contribution is -2.44. The Hall–Kier alpha value is -2.41. The van der Waals surface area contributed by atoms with Gasteiger partial charge in [0.25, 0.3) is 0 Å². The fourth-order valence-electron chi connectivity index (χ4n) is 4.09. The smallest absolute Gasteiger partial charge is 0.241 e. The summed E-state index contributed by atoms with van der Waals surface area (Å²) >= 11 is 0. The summed E-state index contributed by atoms with van der Waals surface area (Å²) < 4.78 is 5.33. The maximum Gasteiger partial charge on any atom is 0.241 e. The number of rotatable bonds is 5. The Labute approximate surface area is 183 Å². The summed E-state index contributed by atoms with van der Waals surface area (Å²) in [6.45, 7) is 2.06. The van der Waals surface area contributed by atoms with Crippen LogP contribution < -0.4 is 16.0 Å². The Morgan fingerprint density at radius 3 is 2.53 bits per heavy atom. The summed E-state index contributed by atoms with van der Waals surface area (Å²) in [5.41, 5.74) is 9.98. The van der Waals surface area contributed by atoms with E-state index in [1.54, 1.807) is 0 Å². The molecule has 2 amide bonds. The second-order valence-corrected chi connectivity index (χ2v) is 7.76. The van der Waals surface area contributed by atoms with Crippen molar-refractivity contribution in [3.63, 3.8) is 0 Å². The van der Waals surface area contributed by atoms with E-state index < -0.39 is 6.04 Å². The van der Waals surface area contributed by atoms with Gasteiger partial charge in [-0.3, -0.25) is 9.59 Å². The van der Waals surface area contributed by atoms with Crippen LogP contribution in [-0.2, 0) is 27.2 Å². The van der Waals surface area contributed by atoms with Crippen molar-refractivity contribution in [2.75, 3.05) is 30.0 Å². The van der Waals surface area contributed by atoms with E-state index in [-0.39, 0.29) is 30.1 Å². The maximum atomic E-state index is 12.7. The summed E-state index contributed by atoms with van der Waals surface area (Å²) in [6, 6.07) is 14.9. The zero-order valence-electron chi connectivity index (χ0n) is 16.9. The molecule has 2 heterocycles. The first-order valence-electron chi connectivity index (χ1n) is 10.2. The average molecular weight is 430 g/mol. The van der Waals surface area contributed by atoms with Gasteiger partial charge in [-0.25, -0.2) is 0 Å². The Balaban J connectivity index is 0.00000256. The van der Waals surface area contributed by atoms with Gasteiger partial charge in [0.2, 0.25) is 11.8 Å². The fraction of sp³-hybridized carbons (Fsp3) is 0.391. The van der Waals surface area contributed by atoms with Crippen LogP contribution in [0.1, 0.15) is 24.0 Å². The number of anilines is 2. The molecule has 4 rings (SSSR count). The van der Waals surface area contributed by atoms with Crippen LogP contribution in [0.25, 0.3) is 0 Å². The maximum absolute atomic E-state index is 12.7. The van der Waals surface area contributed by atoms with E-state index in [1.165, 1.54) is 5.56 Å². The quantitative estimate of drug-likeness (QED) is 0.765. The van der Waals surface area contributed by atoms with Gasteiger partial charge in [-0.15, -0.1) is 12.4 Å². The number of para-hydroxylation sites is 1. The molecule has 1 unspecified atom stereocenters. The average Bonchev–Trinajstić information content (AvgIpc) is 3.19. The molecule has 7 heteroatoms. The molecule has 1 saturated heterocycles. The number of ether oxygens (including phenoxy) is 1. The third-order valence-electron chi connectivity index (χ3n) is 5.84. The third kappa shape index (κ3) is 5.01. The van der Waals surface area contributed by atoms with Crippen LogP contribution in [0.15, 0.2) is 48.5 Å². The van der Waals surface area contributed by atoms with Crippen molar-refractivity contribution in [2.45, 2.75) is 31.7 Å². The molecule has 0 saturated carbocycles. The van der Waals surface area contributed by atoms with E-state index >= 15 is 0 Å². The molecule has 0 spiro atoms. The number of fused-ring (bicyclic) bond motifs is 1. The SMILES string of the molecule is Cl.NC(C(=O)Nc1ccc(CC(=O)N2CCc3ccccc32)cc1)C1CCOCC1. The van der Waals surface area contributed by atoms with E-state index in [0.29, 0.717) is 25.3 Å². The molecule has 3 N–H and O–H groups in total. The van der Waals surface area contributed by atoms with Crippen LogP contribution in [-0.4, -0.2) is 37.6 Å². The molecule has 1 atom stereocenters. The normalized spacial score (nSPS) is 17.0. The fourth-order valence-corrected chi connectivity index (χ4v) is 4.09. The van der Waals surface area contributed by atoms with Crippen LogP contribution >= 0.6 is 12.4 Å². The predicted molar refractivity (Wildman–Crippen MR) is 120 cm³/mol. The molecule has 0 radical (unpaired) electrons. The predicted octanol–water partition coefficient (Wildman–Crippen LogP) is 2.93. The van der Waals surface area contributed by atoms with E-state index in [1.807, 2.05) is 47.4 Å². The van der Waals surface area contributed by atoms with Gasteiger partial charge in [0, 0.05) is 31.1 Å². The van der Waals surface area contributed by atoms with Gasteiger partial charge >= 0.3 is 0 Å². The first-order valence-corrected chi connectivity index (χ1v) is 10.2.